The van der Waals surface area contributed by atoms with Crippen molar-refractivity contribution in [1.29, 1.82) is 0 Å². The highest BCUT2D eigenvalue weighted by atomic mass is 19.2. The minimum Gasteiger partial charge on any atom is -0.355 e. The number of benzene rings is 1. The third-order valence-electron chi connectivity index (χ3n) is 2.29. The molecule has 0 aromatic heterocycles. The number of rotatable bonds is 6. The maximum Gasteiger partial charge on any atom is 0.220 e. The van der Waals surface area contributed by atoms with Crippen LogP contribution in [0.15, 0.2) is 18.2 Å². The van der Waals surface area contributed by atoms with Crippen LogP contribution in [-0.2, 0) is 4.79 Å². The van der Waals surface area contributed by atoms with Crippen LogP contribution < -0.4 is 11.1 Å². The summed E-state index contributed by atoms with van der Waals surface area (Å²) in [6, 6.07) is 2.91. The van der Waals surface area contributed by atoms with Gasteiger partial charge in [-0.2, -0.15) is 0 Å². The summed E-state index contributed by atoms with van der Waals surface area (Å²) in [5.74, 6) is -2.78. The molecular weight excluding hydrogens is 242 g/mol. The number of hydrogen-bond acceptors (Lipinski definition) is 3. The van der Waals surface area contributed by atoms with E-state index in [4.69, 9.17) is 5.73 Å². The van der Waals surface area contributed by atoms with Gasteiger partial charge >= 0.3 is 0 Å². The summed E-state index contributed by atoms with van der Waals surface area (Å²) in [5, 5.41) is 2.51. The molecule has 1 rings (SSSR count). The topological polar surface area (TPSA) is 72.2 Å². The third-order valence-corrected chi connectivity index (χ3v) is 2.29. The summed E-state index contributed by atoms with van der Waals surface area (Å²) < 4.78 is 25.5. The number of nitrogens with two attached hydrogens (primary N) is 1. The van der Waals surface area contributed by atoms with Gasteiger partial charge in [0.25, 0.3) is 0 Å². The van der Waals surface area contributed by atoms with Gasteiger partial charge in [-0.1, -0.05) is 0 Å². The van der Waals surface area contributed by atoms with Crippen molar-refractivity contribution in [1.82, 2.24) is 5.32 Å². The Balaban J connectivity index is 2.50. The molecule has 0 unspecified atom stereocenters. The monoisotopic (exact) mass is 256 g/mol. The molecule has 0 atom stereocenters. The summed E-state index contributed by atoms with van der Waals surface area (Å²) in [5.41, 5.74) is 5.25. The highest BCUT2D eigenvalue weighted by Crippen LogP contribution is 2.11. The van der Waals surface area contributed by atoms with E-state index in [-0.39, 0.29) is 24.3 Å². The van der Waals surface area contributed by atoms with Gasteiger partial charge in [-0.15, -0.1) is 0 Å². The molecule has 0 bridgehead atoms. The zero-order chi connectivity index (χ0) is 13.5. The first-order chi connectivity index (χ1) is 8.54. The minimum absolute atomic E-state index is 0.00215. The van der Waals surface area contributed by atoms with Crippen molar-refractivity contribution < 1.29 is 18.4 Å². The Kier molecular flexibility index (Phi) is 5.38. The Labute approximate surface area is 103 Å². The number of nitrogens with one attached hydrogen (secondary N) is 1. The molecule has 0 heterocycles. The van der Waals surface area contributed by atoms with E-state index in [1.165, 1.54) is 6.07 Å². The van der Waals surface area contributed by atoms with Crippen LogP contribution in [0.3, 0.4) is 0 Å². The van der Waals surface area contributed by atoms with Crippen molar-refractivity contribution in [2.75, 3.05) is 13.1 Å². The van der Waals surface area contributed by atoms with Crippen molar-refractivity contribution in [3.8, 4) is 0 Å². The lowest BCUT2D eigenvalue weighted by atomic mass is 10.1. The first kappa shape index (κ1) is 14.2. The summed E-state index contributed by atoms with van der Waals surface area (Å²) in [4.78, 5) is 22.8. The molecule has 6 heteroatoms. The lowest BCUT2D eigenvalue weighted by Crippen LogP contribution is -2.29. The average Bonchev–Trinajstić information content (AvgIpc) is 2.36. The fourth-order valence-electron chi connectivity index (χ4n) is 1.34. The smallest absolute Gasteiger partial charge is 0.220 e. The molecule has 18 heavy (non-hydrogen) atoms. The van der Waals surface area contributed by atoms with E-state index < -0.39 is 17.4 Å². The van der Waals surface area contributed by atoms with Gasteiger partial charge in [0.1, 0.15) is 0 Å². The molecular formula is C12H14F2N2O2. The average molecular weight is 256 g/mol. The van der Waals surface area contributed by atoms with Crippen molar-refractivity contribution >= 4 is 11.7 Å². The van der Waals surface area contributed by atoms with Gasteiger partial charge in [0.2, 0.25) is 5.91 Å². The second-order valence-corrected chi connectivity index (χ2v) is 3.69. The van der Waals surface area contributed by atoms with Crippen LogP contribution >= 0.6 is 0 Å². The van der Waals surface area contributed by atoms with E-state index in [2.05, 4.69) is 5.32 Å². The fraction of sp³-hybridized carbons (Fsp3) is 0.333. The molecule has 0 saturated carbocycles. The summed E-state index contributed by atoms with van der Waals surface area (Å²) in [6.07, 6.45) is -0.0562. The standard InChI is InChI=1S/C12H14F2N2O2/c13-9-2-1-8(7-10(9)14)11(17)3-4-12(18)16-6-5-15/h1-2,7H,3-6,15H2,(H,16,18). The lowest BCUT2D eigenvalue weighted by Gasteiger charge is -2.03. The third kappa shape index (κ3) is 4.21. The highest BCUT2D eigenvalue weighted by Gasteiger charge is 2.11. The van der Waals surface area contributed by atoms with Crippen LogP contribution in [0.4, 0.5) is 8.78 Å². The molecule has 0 saturated heterocycles. The van der Waals surface area contributed by atoms with Crippen molar-refractivity contribution in [2.24, 2.45) is 5.73 Å². The maximum absolute atomic E-state index is 12.9. The number of ketones is 1. The summed E-state index contributed by atoms with van der Waals surface area (Å²) in [6.45, 7) is 0.668. The zero-order valence-electron chi connectivity index (χ0n) is 9.71. The van der Waals surface area contributed by atoms with Crippen molar-refractivity contribution in [3.63, 3.8) is 0 Å². The van der Waals surface area contributed by atoms with Gasteiger partial charge < -0.3 is 11.1 Å². The van der Waals surface area contributed by atoms with Crippen LogP contribution in [0.25, 0.3) is 0 Å². The van der Waals surface area contributed by atoms with E-state index in [9.17, 15) is 18.4 Å². The molecule has 0 radical (unpaired) electrons. The van der Waals surface area contributed by atoms with Crippen LogP contribution in [0.1, 0.15) is 23.2 Å². The zero-order valence-corrected chi connectivity index (χ0v) is 9.71. The number of halogens is 2. The quantitative estimate of drug-likeness (QED) is 0.746. The predicted molar refractivity (Wildman–Crippen MR) is 62.0 cm³/mol. The molecule has 0 aliphatic rings. The van der Waals surface area contributed by atoms with E-state index in [0.717, 1.165) is 12.1 Å². The molecule has 1 aromatic carbocycles. The summed E-state index contributed by atoms with van der Waals surface area (Å²) in [7, 11) is 0. The van der Waals surface area contributed by atoms with Gasteiger partial charge in [0.05, 0.1) is 0 Å². The van der Waals surface area contributed by atoms with E-state index in [0.29, 0.717) is 13.1 Å². The number of hydrogen-bond donors (Lipinski definition) is 2. The Bertz CT molecular complexity index is 450. The van der Waals surface area contributed by atoms with E-state index in [1.807, 2.05) is 0 Å². The van der Waals surface area contributed by atoms with E-state index in [1.54, 1.807) is 0 Å². The van der Waals surface area contributed by atoms with Gasteiger partial charge in [-0.3, -0.25) is 9.59 Å². The molecule has 0 aliphatic carbocycles. The fourth-order valence-corrected chi connectivity index (χ4v) is 1.34. The van der Waals surface area contributed by atoms with Crippen LogP contribution in [0, 0.1) is 11.6 Å². The van der Waals surface area contributed by atoms with Gasteiger partial charge in [-0.05, 0) is 18.2 Å². The van der Waals surface area contributed by atoms with Crippen LogP contribution in [-0.4, -0.2) is 24.8 Å². The Morgan fingerprint density at radius 2 is 1.89 bits per heavy atom. The number of amides is 1. The molecule has 98 valence electrons. The first-order valence-electron chi connectivity index (χ1n) is 5.49. The van der Waals surface area contributed by atoms with Gasteiger partial charge in [0, 0.05) is 31.5 Å². The SMILES string of the molecule is NCCNC(=O)CCC(=O)c1ccc(F)c(F)c1. The molecule has 0 spiro atoms. The van der Waals surface area contributed by atoms with E-state index >= 15 is 0 Å². The Morgan fingerprint density at radius 3 is 2.50 bits per heavy atom. The second kappa shape index (κ2) is 6.80. The van der Waals surface area contributed by atoms with Crippen LogP contribution in [0.5, 0.6) is 0 Å². The molecule has 4 nitrogen and oxygen atoms in total. The van der Waals surface area contributed by atoms with Crippen molar-refractivity contribution in [3.05, 3.63) is 35.4 Å². The highest BCUT2D eigenvalue weighted by molar-refractivity contribution is 5.97. The second-order valence-electron chi connectivity index (χ2n) is 3.69. The molecule has 0 aliphatic heterocycles. The molecule has 3 N–H and O–H groups in total. The summed E-state index contributed by atoms with van der Waals surface area (Å²) >= 11 is 0. The van der Waals surface area contributed by atoms with Crippen LogP contribution in [0.2, 0.25) is 0 Å². The predicted octanol–water partition coefficient (Wildman–Crippen LogP) is 1.00. The Morgan fingerprint density at radius 1 is 1.17 bits per heavy atom. The maximum atomic E-state index is 12.9. The molecule has 1 aromatic rings. The van der Waals surface area contributed by atoms with Crippen molar-refractivity contribution in [2.45, 2.75) is 12.8 Å². The largest absolute Gasteiger partial charge is 0.355 e. The number of Topliss-reactive ketones (excluding diaryl/α,β-unsaturated/α-hetero) is 1. The molecule has 1 amide bonds. The number of carbonyl (C=O) groups excluding carboxylic acids is 2. The minimum atomic E-state index is -1.08. The Hall–Kier alpha value is -1.82. The van der Waals surface area contributed by atoms with Gasteiger partial charge in [-0.25, -0.2) is 8.78 Å². The number of carbonyl (C=O) groups is 2. The van der Waals surface area contributed by atoms with Gasteiger partial charge in [0.15, 0.2) is 17.4 Å². The normalized spacial score (nSPS) is 10.2. The first-order valence-corrected chi connectivity index (χ1v) is 5.49. The lowest BCUT2D eigenvalue weighted by molar-refractivity contribution is -0.121. The molecule has 0 fully saturated rings.